The predicted molar refractivity (Wildman–Crippen MR) is 82.5 cm³/mol. The van der Waals surface area contributed by atoms with Gasteiger partial charge < -0.3 is 14.4 Å². The summed E-state index contributed by atoms with van der Waals surface area (Å²) in [6, 6.07) is 8.19. The average Bonchev–Trinajstić information content (AvgIpc) is 2.76. The van der Waals surface area contributed by atoms with Crippen molar-refractivity contribution in [3.63, 3.8) is 0 Å². The summed E-state index contributed by atoms with van der Waals surface area (Å²) in [5.41, 5.74) is 1.24. The molecule has 0 bridgehead atoms. The van der Waals surface area contributed by atoms with Crippen molar-refractivity contribution in [2.24, 2.45) is 5.92 Å². The third kappa shape index (κ3) is 4.74. The van der Waals surface area contributed by atoms with Crippen molar-refractivity contribution in [3.8, 4) is 5.75 Å². The molecule has 116 valence electrons. The van der Waals surface area contributed by atoms with E-state index in [2.05, 4.69) is 12.1 Å². The van der Waals surface area contributed by atoms with Gasteiger partial charge in [0.05, 0.1) is 12.7 Å². The number of methoxy groups -OCH3 is 1. The SMILES string of the molecule is COCCN1C[C@H](Cc2cccc(OC(C)C)c2)CC1=O. The standard InChI is InChI=1S/C17H25NO3/c1-13(2)21-16-6-4-5-14(10-16)9-15-11-17(19)18(12-15)7-8-20-3/h4-6,10,13,15H,7-9,11-12H2,1-3H3/t15-/m1/s1. The molecule has 0 unspecified atom stereocenters. The van der Waals surface area contributed by atoms with E-state index in [0.29, 0.717) is 25.5 Å². The molecule has 0 radical (unpaired) electrons. The molecule has 1 fully saturated rings. The first-order valence-corrected chi connectivity index (χ1v) is 7.60. The minimum atomic E-state index is 0.179. The van der Waals surface area contributed by atoms with Crippen LogP contribution in [0, 0.1) is 5.92 Å². The molecule has 0 spiro atoms. The van der Waals surface area contributed by atoms with Crippen LogP contribution < -0.4 is 4.74 Å². The van der Waals surface area contributed by atoms with Crippen molar-refractivity contribution in [2.75, 3.05) is 26.8 Å². The number of ether oxygens (including phenoxy) is 2. The van der Waals surface area contributed by atoms with E-state index in [1.165, 1.54) is 5.56 Å². The lowest BCUT2D eigenvalue weighted by atomic mass is 9.98. The van der Waals surface area contributed by atoms with Gasteiger partial charge >= 0.3 is 0 Å². The Kier molecular flexibility index (Phi) is 5.62. The third-order valence-electron chi connectivity index (χ3n) is 3.65. The molecule has 1 heterocycles. The summed E-state index contributed by atoms with van der Waals surface area (Å²) in [7, 11) is 1.66. The fourth-order valence-corrected chi connectivity index (χ4v) is 2.76. The van der Waals surface area contributed by atoms with Crippen LogP contribution in [0.15, 0.2) is 24.3 Å². The Labute approximate surface area is 127 Å². The molecule has 0 saturated carbocycles. The lowest BCUT2D eigenvalue weighted by Crippen LogP contribution is -2.28. The zero-order valence-corrected chi connectivity index (χ0v) is 13.2. The van der Waals surface area contributed by atoms with Gasteiger partial charge in [-0.2, -0.15) is 0 Å². The molecule has 1 aromatic carbocycles. The van der Waals surface area contributed by atoms with Gasteiger partial charge in [0.2, 0.25) is 5.91 Å². The zero-order valence-electron chi connectivity index (χ0n) is 13.2. The smallest absolute Gasteiger partial charge is 0.223 e. The Morgan fingerprint density at radius 3 is 2.90 bits per heavy atom. The maximum atomic E-state index is 11.9. The normalized spacial score (nSPS) is 18.6. The van der Waals surface area contributed by atoms with Crippen molar-refractivity contribution in [3.05, 3.63) is 29.8 Å². The number of nitrogens with zero attached hydrogens (tertiary/aromatic N) is 1. The number of amides is 1. The lowest BCUT2D eigenvalue weighted by molar-refractivity contribution is -0.128. The quantitative estimate of drug-likeness (QED) is 0.775. The predicted octanol–water partition coefficient (Wildman–Crippen LogP) is 2.51. The molecule has 1 saturated heterocycles. The summed E-state index contributed by atoms with van der Waals surface area (Å²) in [5, 5.41) is 0. The van der Waals surface area contributed by atoms with Crippen LogP contribution in [0.5, 0.6) is 5.75 Å². The van der Waals surface area contributed by atoms with Gasteiger partial charge in [0.25, 0.3) is 0 Å². The maximum absolute atomic E-state index is 11.9. The van der Waals surface area contributed by atoms with E-state index >= 15 is 0 Å². The summed E-state index contributed by atoms with van der Waals surface area (Å²) in [6.45, 7) is 6.18. The van der Waals surface area contributed by atoms with Gasteiger partial charge in [-0.05, 0) is 43.9 Å². The van der Waals surface area contributed by atoms with E-state index in [-0.39, 0.29) is 12.0 Å². The van der Waals surface area contributed by atoms with Crippen molar-refractivity contribution in [1.29, 1.82) is 0 Å². The van der Waals surface area contributed by atoms with Crippen LogP contribution in [-0.2, 0) is 16.0 Å². The Morgan fingerprint density at radius 2 is 2.19 bits per heavy atom. The molecule has 1 aliphatic heterocycles. The van der Waals surface area contributed by atoms with Crippen LogP contribution in [0.2, 0.25) is 0 Å². The topological polar surface area (TPSA) is 38.8 Å². The lowest BCUT2D eigenvalue weighted by Gasteiger charge is -2.16. The molecule has 4 heteroatoms. The van der Waals surface area contributed by atoms with Gasteiger partial charge in [-0.25, -0.2) is 0 Å². The van der Waals surface area contributed by atoms with Gasteiger partial charge in [-0.15, -0.1) is 0 Å². The highest BCUT2D eigenvalue weighted by Crippen LogP contribution is 2.24. The number of hydrogen-bond donors (Lipinski definition) is 0. The first kappa shape index (κ1) is 15.8. The molecule has 4 nitrogen and oxygen atoms in total. The summed E-state index contributed by atoms with van der Waals surface area (Å²) in [4.78, 5) is 13.8. The molecule has 1 aliphatic rings. The summed E-state index contributed by atoms with van der Waals surface area (Å²) in [6.07, 6.45) is 1.74. The fourth-order valence-electron chi connectivity index (χ4n) is 2.76. The molecule has 0 aliphatic carbocycles. The van der Waals surface area contributed by atoms with Crippen molar-refractivity contribution >= 4 is 5.91 Å². The highest BCUT2D eigenvalue weighted by molar-refractivity contribution is 5.78. The van der Waals surface area contributed by atoms with E-state index in [1.54, 1.807) is 7.11 Å². The first-order chi connectivity index (χ1) is 10.1. The Hall–Kier alpha value is -1.55. The molecule has 21 heavy (non-hydrogen) atoms. The van der Waals surface area contributed by atoms with Crippen molar-refractivity contribution < 1.29 is 14.3 Å². The minimum Gasteiger partial charge on any atom is -0.491 e. The van der Waals surface area contributed by atoms with E-state index in [0.717, 1.165) is 18.7 Å². The second-order valence-corrected chi connectivity index (χ2v) is 5.92. The molecule has 1 amide bonds. The average molecular weight is 291 g/mol. The number of carbonyl (C=O) groups excluding carboxylic acids is 1. The van der Waals surface area contributed by atoms with Gasteiger partial charge in [0.15, 0.2) is 0 Å². The number of likely N-dealkylation sites (tertiary alicyclic amines) is 1. The Morgan fingerprint density at radius 1 is 1.38 bits per heavy atom. The number of carbonyl (C=O) groups is 1. The number of hydrogen-bond acceptors (Lipinski definition) is 3. The molecule has 1 aromatic rings. The van der Waals surface area contributed by atoms with Crippen LogP contribution in [0.3, 0.4) is 0 Å². The van der Waals surface area contributed by atoms with E-state index in [9.17, 15) is 4.79 Å². The number of benzene rings is 1. The number of rotatable bonds is 7. The first-order valence-electron chi connectivity index (χ1n) is 7.60. The highest BCUT2D eigenvalue weighted by Gasteiger charge is 2.29. The van der Waals surface area contributed by atoms with Crippen molar-refractivity contribution in [2.45, 2.75) is 32.8 Å². The monoisotopic (exact) mass is 291 g/mol. The molecule has 0 N–H and O–H groups in total. The van der Waals surface area contributed by atoms with Crippen LogP contribution in [0.1, 0.15) is 25.8 Å². The van der Waals surface area contributed by atoms with Gasteiger partial charge in [-0.3, -0.25) is 4.79 Å². The largest absolute Gasteiger partial charge is 0.491 e. The van der Waals surface area contributed by atoms with Crippen LogP contribution in [0.25, 0.3) is 0 Å². The van der Waals surface area contributed by atoms with Gasteiger partial charge in [0.1, 0.15) is 5.75 Å². The summed E-state index contributed by atoms with van der Waals surface area (Å²) >= 11 is 0. The van der Waals surface area contributed by atoms with Gasteiger partial charge in [0, 0.05) is 26.6 Å². The van der Waals surface area contributed by atoms with Gasteiger partial charge in [-0.1, -0.05) is 12.1 Å². The molecule has 0 aromatic heterocycles. The maximum Gasteiger partial charge on any atom is 0.223 e. The Balaban J connectivity index is 1.92. The van der Waals surface area contributed by atoms with E-state index in [4.69, 9.17) is 9.47 Å². The molecule has 1 atom stereocenters. The zero-order chi connectivity index (χ0) is 15.2. The molecular weight excluding hydrogens is 266 g/mol. The second-order valence-electron chi connectivity index (χ2n) is 5.92. The molecular formula is C17H25NO3. The Bertz CT molecular complexity index is 473. The van der Waals surface area contributed by atoms with E-state index in [1.807, 2.05) is 30.9 Å². The fraction of sp³-hybridized carbons (Fsp3) is 0.588. The van der Waals surface area contributed by atoms with Crippen LogP contribution in [0.4, 0.5) is 0 Å². The second kappa shape index (κ2) is 7.46. The summed E-state index contributed by atoms with van der Waals surface area (Å²) < 4.78 is 10.8. The van der Waals surface area contributed by atoms with Crippen molar-refractivity contribution in [1.82, 2.24) is 4.90 Å². The summed E-state index contributed by atoms with van der Waals surface area (Å²) in [5.74, 6) is 1.54. The van der Waals surface area contributed by atoms with Crippen LogP contribution >= 0.6 is 0 Å². The highest BCUT2D eigenvalue weighted by atomic mass is 16.5. The van der Waals surface area contributed by atoms with Crippen LogP contribution in [-0.4, -0.2) is 43.7 Å². The molecule has 2 rings (SSSR count). The van der Waals surface area contributed by atoms with E-state index < -0.39 is 0 Å². The minimum absolute atomic E-state index is 0.179. The third-order valence-corrected chi connectivity index (χ3v) is 3.65.